The summed E-state index contributed by atoms with van der Waals surface area (Å²) in [6, 6.07) is 2.64. The van der Waals surface area contributed by atoms with Crippen LogP contribution in [0.25, 0.3) is 0 Å². The fraction of sp³-hybridized carbons (Fsp3) is 0.182. The van der Waals surface area contributed by atoms with Gasteiger partial charge in [0.25, 0.3) is 0 Å². The number of ether oxygens (including phenoxy) is 1. The van der Waals surface area contributed by atoms with Crippen molar-refractivity contribution >= 4 is 17.4 Å². The van der Waals surface area contributed by atoms with Crippen LogP contribution in [0.2, 0.25) is 5.02 Å². The number of aromatic nitrogens is 3. The van der Waals surface area contributed by atoms with Crippen LogP contribution < -0.4 is 10.1 Å². The van der Waals surface area contributed by atoms with Crippen LogP contribution in [0.3, 0.4) is 0 Å². The summed E-state index contributed by atoms with van der Waals surface area (Å²) < 4.78 is 43.1. The van der Waals surface area contributed by atoms with Crippen LogP contribution in [0.15, 0.2) is 24.5 Å². The quantitative estimate of drug-likeness (QED) is 0.942. The summed E-state index contributed by atoms with van der Waals surface area (Å²) in [6.45, 7) is 0. The van der Waals surface area contributed by atoms with Crippen molar-refractivity contribution < 1.29 is 17.9 Å². The van der Waals surface area contributed by atoms with E-state index in [0.29, 0.717) is 5.02 Å². The summed E-state index contributed by atoms with van der Waals surface area (Å²) in [5.41, 5.74) is 0. The molecule has 0 spiro atoms. The molecule has 9 heteroatoms. The zero-order valence-corrected chi connectivity index (χ0v) is 10.8. The minimum Gasteiger partial charge on any atom is -0.437 e. The SMILES string of the molecule is CNc1cc(Oc2cncc(Cl)c2)nc(C(F)(F)F)n1. The van der Waals surface area contributed by atoms with Crippen molar-refractivity contribution in [2.24, 2.45) is 0 Å². The summed E-state index contributed by atoms with van der Waals surface area (Å²) in [7, 11) is 1.44. The van der Waals surface area contributed by atoms with Crippen molar-refractivity contribution in [1.82, 2.24) is 15.0 Å². The van der Waals surface area contributed by atoms with Crippen molar-refractivity contribution in [3.8, 4) is 11.6 Å². The van der Waals surface area contributed by atoms with Gasteiger partial charge >= 0.3 is 6.18 Å². The molecular formula is C11H8ClF3N4O. The van der Waals surface area contributed by atoms with E-state index in [2.05, 4.69) is 20.3 Å². The molecule has 0 fully saturated rings. The van der Waals surface area contributed by atoms with Gasteiger partial charge in [-0.1, -0.05) is 11.6 Å². The second-order valence-corrected chi connectivity index (χ2v) is 4.04. The number of alkyl halides is 3. The molecule has 0 bridgehead atoms. The molecule has 0 radical (unpaired) electrons. The van der Waals surface area contributed by atoms with E-state index < -0.39 is 12.0 Å². The first-order chi connectivity index (χ1) is 9.38. The maximum atomic E-state index is 12.6. The van der Waals surface area contributed by atoms with Crippen LogP contribution >= 0.6 is 11.6 Å². The van der Waals surface area contributed by atoms with Crippen molar-refractivity contribution in [1.29, 1.82) is 0 Å². The summed E-state index contributed by atoms with van der Waals surface area (Å²) in [5, 5.41) is 2.80. The van der Waals surface area contributed by atoms with E-state index in [0.717, 1.165) is 0 Å². The molecule has 2 heterocycles. The molecule has 0 aliphatic carbocycles. The molecule has 2 aromatic rings. The van der Waals surface area contributed by atoms with Gasteiger partial charge in [0.2, 0.25) is 11.7 Å². The highest BCUT2D eigenvalue weighted by molar-refractivity contribution is 6.30. The van der Waals surface area contributed by atoms with Gasteiger partial charge < -0.3 is 10.1 Å². The molecule has 0 aliphatic heterocycles. The fourth-order valence-electron chi connectivity index (χ4n) is 1.30. The average molecular weight is 305 g/mol. The molecular weight excluding hydrogens is 297 g/mol. The predicted octanol–water partition coefficient (Wildman–Crippen LogP) is 3.38. The fourth-order valence-corrected chi connectivity index (χ4v) is 1.46. The standard InChI is InChI=1S/C11H8ClF3N4O/c1-16-8-3-9(19-10(18-8)11(13,14)15)20-7-2-6(12)4-17-5-7/h2-5H,1H3,(H,16,18,19). The zero-order valence-electron chi connectivity index (χ0n) is 10.1. The van der Waals surface area contributed by atoms with Crippen LogP contribution in [0.1, 0.15) is 5.82 Å². The average Bonchev–Trinajstić information content (AvgIpc) is 2.37. The largest absolute Gasteiger partial charge is 0.451 e. The molecule has 0 saturated heterocycles. The Morgan fingerprint density at radius 2 is 1.95 bits per heavy atom. The Morgan fingerprint density at radius 1 is 1.20 bits per heavy atom. The van der Waals surface area contributed by atoms with E-state index in [1.54, 1.807) is 0 Å². The summed E-state index contributed by atoms with van der Waals surface area (Å²) in [5.74, 6) is -1.40. The third-order valence-corrected chi connectivity index (χ3v) is 2.32. The number of pyridine rings is 1. The van der Waals surface area contributed by atoms with Gasteiger partial charge in [0.15, 0.2) is 0 Å². The lowest BCUT2D eigenvalue weighted by atomic mass is 10.4. The van der Waals surface area contributed by atoms with Gasteiger partial charge in [-0.3, -0.25) is 4.98 Å². The molecule has 0 aliphatic rings. The lowest BCUT2D eigenvalue weighted by Gasteiger charge is -2.10. The molecule has 0 amide bonds. The highest BCUT2D eigenvalue weighted by atomic mass is 35.5. The van der Waals surface area contributed by atoms with Gasteiger partial charge in [-0.05, 0) is 0 Å². The number of halogens is 4. The van der Waals surface area contributed by atoms with Crippen molar-refractivity contribution in [2.45, 2.75) is 6.18 Å². The van der Waals surface area contributed by atoms with E-state index in [4.69, 9.17) is 16.3 Å². The Balaban J connectivity index is 2.36. The minimum absolute atomic E-state index is 0.0164. The van der Waals surface area contributed by atoms with Crippen LogP contribution in [0, 0.1) is 0 Å². The van der Waals surface area contributed by atoms with E-state index in [1.807, 2.05) is 0 Å². The molecule has 1 N–H and O–H groups in total. The van der Waals surface area contributed by atoms with Crippen LogP contribution in [0.5, 0.6) is 11.6 Å². The van der Waals surface area contributed by atoms with Gasteiger partial charge in [0, 0.05) is 25.4 Å². The molecule has 0 unspecified atom stereocenters. The number of nitrogens with one attached hydrogen (secondary N) is 1. The van der Waals surface area contributed by atoms with Gasteiger partial charge in [0.05, 0.1) is 11.2 Å². The molecule has 0 saturated carbocycles. The van der Waals surface area contributed by atoms with E-state index >= 15 is 0 Å². The lowest BCUT2D eigenvalue weighted by Crippen LogP contribution is -2.12. The predicted molar refractivity (Wildman–Crippen MR) is 65.9 cm³/mol. The number of nitrogens with zero attached hydrogens (tertiary/aromatic N) is 3. The van der Waals surface area contributed by atoms with Crippen LogP contribution in [-0.2, 0) is 6.18 Å². The topological polar surface area (TPSA) is 59.9 Å². The molecule has 5 nitrogen and oxygen atoms in total. The number of rotatable bonds is 3. The highest BCUT2D eigenvalue weighted by Crippen LogP contribution is 2.30. The third-order valence-electron chi connectivity index (χ3n) is 2.11. The van der Waals surface area contributed by atoms with E-state index in [1.165, 1.54) is 31.6 Å². The third kappa shape index (κ3) is 3.47. The summed E-state index contributed by atoms with van der Waals surface area (Å²) in [6.07, 6.45) is -1.99. The Hall–Kier alpha value is -2.09. The van der Waals surface area contributed by atoms with Crippen molar-refractivity contribution in [3.63, 3.8) is 0 Å². The molecule has 20 heavy (non-hydrogen) atoms. The van der Waals surface area contributed by atoms with Crippen LogP contribution in [-0.4, -0.2) is 22.0 Å². The minimum atomic E-state index is -4.67. The van der Waals surface area contributed by atoms with E-state index in [-0.39, 0.29) is 17.4 Å². The normalized spacial score (nSPS) is 11.2. The first kappa shape index (κ1) is 14.3. The molecule has 2 rings (SSSR count). The first-order valence-electron chi connectivity index (χ1n) is 5.31. The van der Waals surface area contributed by atoms with Crippen molar-refractivity contribution in [2.75, 3.05) is 12.4 Å². The van der Waals surface area contributed by atoms with Crippen LogP contribution in [0.4, 0.5) is 19.0 Å². The van der Waals surface area contributed by atoms with E-state index in [9.17, 15) is 13.2 Å². The lowest BCUT2D eigenvalue weighted by molar-refractivity contribution is -0.145. The first-order valence-corrected chi connectivity index (χ1v) is 5.69. The second kappa shape index (κ2) is 5.49. The maximum absolute atomic E-state index is 12.6. The highest BCUT2D eigenvalue weighted by Gasteiger charge is 2.35. The Bertz CT molecular complexity index is 621. The van der Waals surface area contributed by atoms with Gasteiger partial charge in [-0.15, -0.1) is 0 Å². The molecule has 0 atom stereocenters. The Labute approximate surface area is 116 Å². The molecule has 2 aromatic heterocycles. The van der Waals surface area contributed by atoms with Gasteiger partial charge in [-0.2, -0.15) is 18.2 Å². The Kier molecular flexibility index (Phi) is 3.93. The monoisotopic (exact) mass is 304 g/mol. The molecule has 0 aromatic carbocycles. The maximum Gasteiger partial charge on any atom is 0.451 e. The van der Waals surface area contributed by atoms with Gasteiger partial charge in [-0.25, -0.2) is 4.98 Å². The van der Waals surface area contributed by atoms with Gasteiger partial charge in [0.1, 0.15) is 11.6 Å². The zero-order chi connectivity index (χ0) is 14.8. The number of hydrogen-bond donors (Lipinski definition) is 1. The van der Waals surface area contributed by atoms with Crippen molar-refractivity contribution in [3.05, 3.63) is 35.4 Å². The summed E-state index contributed by atoms with van der Waals surface area (Å²) in [4.78, 5) is 10.4. The molecule has 106 valence electrons. The number of hydrogen-bond acceptors (Lipinski definition) is 5. The second-order valence-electron chi connectivity index (χ2n) is 3.60. The Morgan fingerprint density at radius 3 is 2.55 bits per heavy atom. The number of anilines is 1. The smallest absolute Gasteiger partial charge is 0.437 e. The summed E-state index contributed by atoms with van der Waals surface area (Å²) >= 11 is 5.71.